The monoisotopic (exact) mass is 344 g/mol. The van der Waals surface area contributed by atoms with Crippen LogP contribution in [-0.4, -0.2) is 40.7 Å². The van der Waals surface area contributed by atoms with Gasteiger partial charge < -0.3 is 4.90 Å². The van der Waals surface area contributed by atoms with E-state index in [1.54, 1.807) is 16.2 Å². The van der Waals surface area contributed by atoms with E-state index in [2.05, 4.69) is 4.90 Å². The van der Waals surface area contributed by atoms with Crippen molar-refractivity contribution < 1.29 is 9.59 Å². The van der Waals surface area contributed by atoms with Crippen LogP contribution >= 0.6 is 11.3 Å². The van der Waals surface area contributed by atoms with Gasteiger partial charge in [0.25, 0.3) is 11.8 Å². The van der Waals surface area contributed by atoms with Crippen LogP contribution in [0.1, 0.15) is 56.2 Å². The first-order valence-corrected chi connectivity index (χ1v) is 10.1. The third-order valence-electron chi connectivity index (χ3n) is 5.47. The molecule has 128 valence electrons. The lowest BCUT2D eigenvalue weighted by Crippen LogP contribution is -2.44. The number of imide groups is 1. The maximum absolute atomic E-state index is 13.2. The number of carbonyl (C=O) groups excluding carboxylic acids is 2. The van der Waals surface area contributed by atoms with Crippen molar-refractivity contribution in [3.8, 4) is 0 Å². The number of hydrogen-bond donors (Lipinski definition) is 0. The molecule has 0 spiro atoms. The van der Waals surface area contributed by atoms with Crippen molar-refractivity contribution in [1.82, 2.24) is 9.80 Å². The molecule has 24 heavy (non-hydrogen) atoms. The molecule has 1 aromatic heterocycles. The van der Waals surface area contributed by atoms with Crippen molar-refractivity contribution in [3.05, 3.63) is 28.1 Å². The maximum atomic E-state index is 13.2. The van der Waals surface area contributed by atoms with Crippen LogP contribution in [0.3, 0.4) is 0 Å². The van der Waals surface area contributed by atoms with Crippen molar-refractivity contribution in [2.24, 2.45) is 0 Å². The summed E-state index contributed by atoms with van der Waals surface area (Å²) < 4.78 is 0. The molecule has 2 aliphatic heterocycles. The highest BCUT2D eigenvalue weighted by Crippen LogP contribution is 2.38. The van der Waals surface area contributed by atoms with Gasteiger partial charge in [0, 0.05) is 24.0 Å². The first-order valence-electron chi connectivity index (χ1n) is 9.18. The molecule has 1 aliphatic carbocycles. The summed E-state index contributed by atoms with van der Waals surface area (Å²) in [6, 6.07) is 4.03. The van der Waals surface area contributed by atoms with Gasteiger partial charge in [-0.15, -0.1) is 11.3 Å². The molecule has 2 fully saturated rings. The topological polar surface area (TPSA) is 40.6 Å². The average molecular weight is 344 g/mol. The van der Waals surface area contributed by atoms with Gasteiger partial charge in [-0.25, -0.2) is 0 Å². The molecule has 3 aliphatic rings. The van der Waals surface area contributed by atoms with E-state index in [9.17, 15) is 9.59 Å². The number of piperidine rings is 1. The van der Waals surface area contributed by atoms with E-state index in [1.807, 2.05) is 17.5 Å². The van der Waals surface area contributed by atoms with Crippen molar-refractivity contribution in [2.75, 3.05) is 13.1 Å². The van der Waals surface area contributed by atoms with Gasteiger partial charge in [0.05, 0.1) is 5.57 Å². The number of thiophene rings is 1. The summed E-state index contributed by atoms with van der Waals surface area (Å²) in [5.74, 6) is -0.105. The van der Waals surface area contributed by atoms with Crippen molar-refractivity contribution in [1.29, 1.82) is 0 Å². The van der Waals surface area contributed by atoms with Gasteiger partial charge in [-0.1, -0.05) is 25.3 Å². The maximum Gasteiger partial charge on any atom is 0.278 e. The quantitative estimate of drug-likeness (QED) is 0.786. The minimum absolute atomic E-state index is 0.0443. The van der Waals surface area contributed by atoms with E-state index in [0.29, 0.717) is 11.3 Å². The standard InChI is InChI=1S/C19H24N2O2S/c22-18-16(15-10-7-13-24-15)17(20-11-5-2-6-12-20)19(23)21(18)14-8-3-1-4-9-14/h7,10,13-14H,1-6,8-9,11-12H2. The van der Waals surface area contributed by atoms with Crippen molar-refractivity contribution in [2.45, 2.75) is 57.4 Å². The van der Waals surface area contributed by atoms with Crippen LogP contribution in [0, 0.1) is 0 Å². The predicted octanol–water partition coefficient (Wildman–Crippen LogP) is 3.65. The normalized spacial score (nSPS) is 23.5. The molecule has 0 bridgehead atoms. The second-order valence-electron chi connectivity index (χ2n) is 7.02. The third-order valence-corrected chi connectivity index (χ3v) is 6.36. The van der Waals surface area contributed by atoms with Crippen LogP contribution in [0.5, 0.6) is 0 Å². The summed E-state index contributed by atoms with van der Waals surface area (Å²) in [5, 5.41) is 1.98. The summed E-state index contributed by atoms with van der Waals surface area (Å²) in [4.78, 5) is 31.1. The number of nitrogens with zero attached hydrogens (tertiary/aromatic N) is 2. The van der Waals surface area contributed by atoms with Gasteiger partial charge in [0.15, 0.2) is 0 Å². The highest BCUT2D eigenvalue weighted by atomic mass is 32.1. The Morgan fingerprint density at radius 1 is 0.917 bits per heavy atom. The van der Waals surface area contributed by atoms with Gasteiger partial charge in [0.1, 0.15) is 5.70 Å². The average Bonchev–Trinajstić information content (AvgIpc) is 3.23. The lowest BCUT2D eigenvalue weighted by molar-refractivity contribution is -0.141. The molecule has 3 heterocycles. The molecule has 4 nitrogen and oxygen atoms in total. The molecule has 2 amide bonds. The van der Waals surface area contributed by atoms with E-state index in [-0.39, 0.29) is 17.9 Å². The predicted molar refractivity (Wildman–Crippen MR) is 95.4 cm³/mol. The molecular weight excluding hydrogens is 320 g/mol. The van der Waals surface area contributed by atoms with Crippen LogP contribution < -0.4 is 0 Å². The zero-order valence-corrected chi connectivity index (χ0v) is 14.8. The lowest BCUT2D eigenvalue weighted by atomic mass is 9.94. The second-order valence-corrected chi connectivity index (χ2v) is 7.97. The summed E-state index contributed by atoms with van der Waals surface area (Å²) in [6.07, 6.45) is 8.80. The van der Waals surface area contributed by atoms with Crippen LogP contribution in [-0.2, 0) is 9.59 Å². The van der Waals surface area contributed by atoms with Crippen LogP contribution in [0.4, 0.5) is 0 Å². The first kappa shape index (κ1) is 15.9. The molecule has 4 rings (SSSR count). The summed E-state index contributed by atoms with van der Waals surface area (Å²) in [6.45, 7) is 1.78. The highest BCUT2D eigenvalue weighted by Gasteiger charge is 2.45. The third kappa shape index (κ3) is 2.69. The molecule has 0 aromatic carbocycles. The van der Waals surface area contributed by atoms with E-state index < -0.39 is 0 Å². The molecule has 1 aromatic rings. The molecule has 1 saturated heterocycles. The van der Waals surface area contributed by atoms with E-state index in [0.717, 1.165) is 56.5 Å². The summed E-state index contributed by atoms with van der Waals surface area (Å²) in [5.41, 5.74) is 1.33. The van der Waals surface area contributed by atoms with Crippen molar-refractivity contribution >= 4 is 28.7 Å². The largest absolute Gasteiger partial charge is 0.366 e. The fourth-order valence-corrected chi connectivity index (χ4v) is 5.02. The van der Waals surface area contributed by atoms with E-state index in [4.69, 9.17) is 0 Å². The lowest BCUT2D eigenvalue weighted by Gasteiger charge is -2.32. The molecule has 0 N–H and O–H groups in total. The Kier molecular flexibility index (Phi) is 4.44. The second kappa shape index (κ2) is 6.71. The Morgan fingerprint density at radius 3 is 2.29 bits per heavy atom. The van der Waals surface area contributed by atoms with Crippen LogP contribution in [0.25, 0.3) is 5.57 Å². The smallest absolute Gasteiger partial charge is 0.278 e. The van der Waals surface area contributed by atoms with Crippen LogP contribution in [0.2, 0.25) is 0 Å². The van der Waals surface area contributed by atoms with Gasteiger partial charge >= 0.3 is 0 Å². The minimum Gasteiger partial charge on any atom is -0.366 e. The van der Waals surface area contributed by atoms with Gasteiger partial charge in [-0.05, 0) is 43.6 Å². The van der Waals surface area contributed by atoms with E-state index in [1.165, 1.54) is 12.8 Å². The zero-order valence-electron chi connectivity index (χ0n) is 14.0. The number of carbonyl (C=O) groups is 2. The number of amides is 2. The Morgan fingerprint density at radius 2 is 1.62 bits per heavy atom. The molecule has 0 radical (unpaired) electrons. The molecule has 1 saturated carbocycles. The van der Waals surface area contributed by atoms with Gasteiger partial charge in [-0.2, -0.15) is 0 Å². The number of likely N-dealkylation sites (tertiary alicyclic amines) is 1. The van der Waals surface area contributed by atoms with Gasteiger partial charge in [-0.3, -0.25) is 14.5 Å². The number of hydrogen-bond acceptors (Lipinski definition) is 4. The fourth-order valence-electron chi connectivity index (χ4n) is 4.26. The summed E-state index contributed by atoms with van der Waals surface area (Å²) in [7, 11) is 0. The molecule has 0 atom stereocenters. The molecule has 5 heteroatoms. The highest BCUT2D eigenvalue weighted by molar-refractivity contribution is 7.11. The summed E-state index contributed by atoms with van der Waals surface area (Å²) >= 11 is 1.56. The molecule has 0 unspecified atom stereocenters. The van der Waals surface area contributed by atoms with E-state index >= 15 is 0 Å². The van der Waals surface area contributed by atoms with Gasteiger partial charge in [0.2, 0.25) is 0 Å². The van der Waals surface area contributed by atoms with Crippen molar-refractivity contribution in [3.63, 3.8) is 0 Å². The fraction of sp³-hybridized carbons (Fsp3) is 0.579. The Bertz CT molecular complexity index is 653. The Hall–Kier alpha value is -1.62. The minimum atomic E-state index is -0.0603. The Labute approximate surface area is 147 Å². The SMILES string of the molecule is O=C1C(c2cccs2)=C(N2CCCCC2)C(=O)N1C1CCCCC1. The van der Waals surface area contributed by atoms with Crippen LogP contribution in [0.15, 0.2) is 23.2 Å². The Balaban J connectivity index is 1.72. The zero-order chi connectivity index (χ0) is 16.5. The first-order chi connectivity index (χ1) is 11.8. The number of rotatable bonds is 3. The molecular formula is C19H24N2O2S.